The molecule has 2 aromatic heterocycles. The summed E-state index contributed by atoms with van der Waals surface area (Å²) >= 11 is 1.46. The number of hydrogen-bond donors (Lipinski definition) is 3. The lowest BCUT2D eigenvalue weighted by molar-refractivity contribution is -0.121. The molecule has 2 aromatic rings. The quantitative estimate of drug-likeness (QED) is 0.714. The number of methoxy groups -OCH3 is 1. The van der Waals surface area contributed by atoms with Gasteiger partial charge in [-0.3, -0.25) is 4.79 Å². The Bertz CT molecular complexity index is 643. The van der Waals surface area contributed by atoms with Crippen LogP contribution in [0.25, 0.3) is 0 Å². The molecule has 1 unspecified atom stereocenters. The van der Waals surface area contributed by atoms with Gasteiger partial charge in [-0.2, -0.15) is 0 Å². The summed E-state index contributed by atoms with van der Waals surface area (Å²) in [6.45, 7) is 0.351. The topological polar surface area (TPSA) is 106 Å². The average molecular weight is 334 g/mol. The van der Waals surface area contributed by atoms with Crippen molar-refractivity contribution in [2.45, 2.75) is 19.0 Å². The number of thiophene rings is 1. The van der Waals surface area contributed by atoms with Crippen LogP contribution in [0.1, 0.15) is 22.9 Å². The molecule has 3 amide bonds. The van der Waals surface area contributed by atoms with E-state index < -0.39 is 12.1 Å². The van der Waals surface area contributed by atoms with E-state index in [1.807, 2.05) is 23.6 Å². The van der Waals surface area contributed by atoms with E-state index in [4.69, 9.17) is 10.5 Å². The molecule has 0 aliphatic heterocycles. The number of pyridine rings is 1. The molecule has 8 heteroatoms. The Morgan fingerprint density at radius 1 is 1.39 bits per heavy atom. The van der Waals surface area contributed by atoms with Crippen LogP contribution in [-0.2, 0) is 11.3 Å². The molecule has 0 spiro atoms. The van der Waals surface area contributed by atoms with Gasteiger partial charge >= 0.3 is 6.03 Å². The van der Waals surface area contributed by atoms with Crippen LogP contribution in [-0.4, -0.2) is 24.0 Å². The van der Waals surface area contributed by atoms with Crippen LogP contribution in [0.3, 0.4) is 0 Å². The Balaban J connectivity index is 1.89. The molecule has 0 saturated carbocycles. The lowest BCUT2D eigenvalue weighted by Crippen LogP contribution is -2.36. The first-order valence-electron chi connectivity index (χ1n) is 6.93. The molecule has 0 radical (unpaired) electrons. The summed E-state index contributed by atoms with van der Waals surface area (Å²) < 4.78 is 4.98. The molecule has 0 aliphatic rings. The number of ether oxygens (including phenoxy) is 1. The third kappa shape index (κ3) is 5.26. The minimum atomic E-state index is -0.657. The molecule has 2 heterocycles. The minimum Gasteiger partial charge on any atom is -0.481 e. The van der Waals surface area contributed by atoms with Crippen molar-refractivity contribution in [2.24, 2.45) is 5.73 Å². The Kier molecular flexibility index (Phi) is 5.93. The van der Waals surface area contributed by atoms with E-state index in [1.165, 1.54) is 11.3 Å². The van der Waals surface area contributed by atoms with Gasteiger partial charge in [-0.05, 0) is 17.0 Å². The van der Waals surface area contributed by atoms with Gasteiger partial charge in [0.1, 0.15) is 0 Å². The molecular formula is C15H18N4O3S. The van der Waals surface area contributed by atoms with E-state index in [2.05, 4.69) is 15.6 Å². The number of carbonyl (C=O) groups excluding carboxylic acids is 2. The summed E-state index contributed by atoms with van der Waals surface area (Å²) in [7, 11) is 1.54. The van der Waals surface area contributed by atoms with Crippen molar-refractivity contribution in [3.05, 3.63) is 46.3 Å². The zero-order valence-electron chi connectivity index (χ0n) is 12.6. The normalized spacial score (nSPS) is 11.5. The van der Waals surface area contributed by atoms with Gasteiger partial charge in [0.2, 0.25) is 11.8 Å². The Labute approximate surface area is 137 Å². The van der Waals surface area contributed by atoms with Crippen LogP contribution in [0.15, 0.2) is 35.8 Å². The van der Waals surface area contributed by atoms with Crippen molar-refractivity contribution in [2.75, 3.05) is 7.11 Å². The first kappa shape index (κ1) is 16.8. The third-order valence-electron chi connectivity index (χ3n) is 3.09. The van der Waals surface area contributed by atoms with Crippen LogP contribution in [0.5, 0.6) is 5.88 Å². The second-order valence-corrected chi connectivity index (χ2v) is 5.75. The number of primary amides is 1. The molecule has 0 saturated heterocycles. The number of urea groups is 1. The summed E-state index contributed by atoms with van der Waals surface area (Å²) in [5, 5.41) is 7.26. The van der Waals surface area contributed by atoms with Crippen LogP contribution >= 0.6 is 11.3 Å². The number of carbonyl (C=O) groups is 2. The van der Waals surface area contributed by atoms with Gasteiger partial charge in [0.05, 0.1) is 19.6 Å². The number of rotatable bonds is 7. The lowest BCUT2D eigenvalue weighted by Gasteiger charge is -2.15. The van der Waals surface area contributed by atoms with Gasteiger partial charge in [0.25, 0.3) is 0 Å². The molecule has 1 atom stereocenters. The van der Waals surface area contributed by atoms with Gasteiger partial charge in [0, 0.05) is 23.7 Å². The highest BCUT2D eigenvalue weighted by Gasteiger charge is 2.18. The fraction of sp³-hybridized carbons (Fsp3) is 0.267. The smallest absolute Gasteiger partial charge is 0.312 e. The summed E-state index contributed by atoms with van der Waals surface area (Å²) in [6, 6.07) is 6.18. The fourth-order valence-corrected chi connectivity index (χ4v) is 2.76. The minimum absolute atomic E-state index is 0.118. The Morgan fingerprint density at radius 3 is 2.78 bits per heavy atom. The summed E-state index contributed by atoms with van der Waals surface area (Å²) in [5.74, 6) is 0.330. The predicted octanol–water partition coefficient (Wildman–Crippen LogP) is 1.57. The molecule has 4 N–H and O–H groups in total. The van der Waals surface area contributed by atoms with Crippen molar-refractivity contribution in [1.29, 1.82) is 0 Å². The maximum Gasteiger partial charge on any atom is 0.312 e. The second-order valence-electron chi connectivity index (χ2n) is 4.77. The van der Waals surface area contributed by atoms with Crippen LogP contribution < -0.4 is 21.1 Å². The van der Waals surface area contributed by atoms with Crippen molar-refractivity contribution >= 4 is 23.3 Å². The Hall–Kier alpha value is -2.61. The molecule has 0 aromatic carbocycles. The van der Waals surface area contributed by atoms with Gasteiger partial charge in [-0.15, -0.1) is 11.3 Å². The summed E-state index contributed by atoms with van der Waals surface area (Å²) in [4.78, 5) is 28.1. The number of amides is 3. The van der Waals surface area contributed by atoms with E-state index in [0.29, 0.717) is 12.4 Å². The van der Waals surface area contributed by atoms with E-state index in [9.17, 15) is 9.59 Å². The zero-order valence-corrected chi connectivity index (χ0v) is 13.4. The number of aromatic nitrogens is 1. The van der Waals surface area contributed by atoms with E-state index in [0.717, 1.165) is 10.4 Å². The van der Waals surface area contributed by atoms with Crippen LogP contribution in [0.2, 0.25) is 0 Å². The Morgan fingerprint density at radius 2 is 2.22 bits per heavy atom. The summed E-state index contributed by atoms with van der Waals surface area (Å²) in [5.41, 5.74) is 6.03. The molecule has 0 bridgehead atoms. The first-order valence-corrected chi connectivity index (χ1v) is 7.81. The molecule has 122 valence electrons. The highest BCUT2D eigenvalue weighted by Crippen LogP contribution is 2.21. The van der Waals surface area contributed by atoms with Gasteiger partial charge in [0.15, 0.2) is 0 Å². The predicted molar refractivity (Wildman–Crippen MR) is 87.0 cm³/mol. The van der Waals surface area contributed by atoms with Crippen LogP contribution in [0, 0.1) is 0 Å². The van der Waals surface area contributed by atoms with E-state index >= 15 is 0 Å². The largest absolute Gasteiger partial charge is 0.481 e. The maximum atomic E-state index is 12.1. The van der Waals surface area contributed by atoms with Gasteiger partial charge in [-0.1, -0.05) is 12.1 Å². The third-order valence-corrected chi connectivity index (χ3v) is 4.08. The molecule has 2 rings (SSSR count). The van der Waals surface area contributed by atoms with Gasteiger partial charge < -0.3 is 21.1 Å². The first-order chi connectivity index (χ1) is 11.1. The van der Waals surface area contributed by atoms with Crippen molar-refractivity contribution in [3.63, 3.8) is 0 Å². The number of nitrogens with one attached hydrogen (secondary N) is 2. The number of hydrogen-bond acceptors (Lipinski definition) is 5. The second kappa shape index (κ2) is 8.14. The monoisotopic (exact) mass is 334 g/mol. The molecule has 23 heavy (non-hydrogen) atoms. The molecular weight excluding hydrogens is 316 g/mol. The maximum absolute atomic E-state index is 12.1. The van der Waals surface area contributed by atoms with Gasteiger partial charge in [-0.25, -0.2) is 9.78 Å². The van der Waals surface area contributed by atoms with Crippen molar-refractivity contribution in [1.82, 2.24) is 15.6 Å². The molecule has 0 fully saturated rings. The SMILES string of the molecule is COc1ccc(CNC(=O)CC(NC(N)=O)c2cccs2)cn1. The lowest BCUT2D eigenvalue weighted by atomic mass is 10.1. The van der Waals surface area contributed by atoms with Crippen LogP contribution in [0.4, 0.5) is 4.79 Å². The molecule has 7 nitrogen and oxygen atoms in total. The van der Waals surface area contributed by atoms with E-state index in [1.54, 1.807) is 19.4 Å². The van der Waals surface area contributed by atoms with E-state index in [-0.39, 0.29) is 12.3 Å². The summed E-state index contributed by atoms with van der Waals surface area (Å²) in [6.07, 6.45) is 1.75. The highest BCUT2D eigenvalue weighted by atomic mass is 32.1. The van der Waals surface area contributed by atoms with Crippen molar-refractivity contribution < 1.29 is 14.3 Å². The fourth-order valence-electron chi connectivity index (χ4n) is 1.98. The molecule has 0 aliphatic carbocycles. The number of nitrogens with two attached hydrogens (primary N) is 1. The zero-order chi connectivity index (χ0) is 16.7. The average Bonchev–Trinajstić information content (AvgIpc) is 3.07. The highest BCUT2D eigenvalue weighted by molar-refractivity contribution is 7.10. The number of nitrogens with zero attached hydrogens (tertiary/aromatic N) is 1. The van der Waals surface area contributed by atoms with Crippen molar-refractivity contribution in [3.8, 4) is 5.88 Å². The standard InChI is InChI=1S/C15H18N4O3S/c1-22-14-5-4-10(9-18-14)8-17-13(20)7-11(19-15(16)21)12-3-2-6-23-12/h2-6,9,11H,7-8H2,1H3,(H,17,20)(H3,16,19,21).